The summed E-state index contributed by atoms with van der Waals surface area (Å²) in [5.74, 6) is 1.37. The zero-order chi connectivity index (χ0) is 13.7. The number of likely N-dealkylation sites (N-methyl/N-ethyl adjacent to an activating group) is 1. The molecule has 0 unspecified atom stereocenters. The predicted molar refractivity (Wildman–Crippen MR) is 76.5 cm³/mol. The highest BCUT2D eigenvalue weighted by Gasteiger charge is 2.27. The van der Waals surface area contributed by atoms with E-state index in [2.05, 4.69) is 27.1 Å². The van der Waals surface area contributed by atoms with Crippen molar-refractivity contribution in [3.05, 3.63) is 17.0 Å². The van der Waals surface area contributed by atoms with Crippen LogP contribution in [0.3, 0.4) is 0 Å². The Morgan fingerprint density at radius 1 is 1.47 bits per heavy atom. The Kier molecular flexibility index (Phi) is 5.36. The van der Waals surface area contributed by atoms with Crippen LogP contribution in [0.15, 0.2) is 6.07 Å². The van der Waals surface area contributed by atoms with Gasteiger partial charge < -0.3 is 10.1 Å². The number of ether oxygens (including phenoxy) is 1. The standard InChI is InChI=1S/C13H21ClN4O/c1-3-18(10-4-5-10)7-6-15-12-8-11(14)16-13(17-12)9-19-2/h8,10H,3-7,9H2,1-2H3,(H,15,16,17). The van der Waals surface area contributed by atoms with Crippen molar-refractivity contribution >= 4 is 17.4 Å². The zero-order valence-corrected chi connectivity index (χ0v) is 12.3. The van der Waals surface area contributed by atoms with Gasteiger partial charge in [-0.15, -0.1) is 0 Å². The number of hydrogen-bond acceptors (Lipinski definition) is 5. The van der Waals surface area contributed by atoms with E-state index in [1.165, 1.54) is 12.8 Å². The van der Waals surface area contributed by atoms with Crippen molar-refractivity contribution in [1.82, 2.24) is 14.9 Å². The van der Waals surface area contributed by atoms with Gasteiger partial charge in [-0.05, 0) is 19.4 Å². The molecule has 0 spiro atoms. The molecule has 0 amide bonds. The fourth-order valence-electron chi connectivity index (χ4n) is 2.12. The van der Waals surface area contributed by atoms with Crippen LogP contribution in [0.2, 0.25) is 5.15 Å². The summed E-state index contributed by atoms with van der Waals surface area (Å²) in [5.41, 5.74) is 0. The number of aromatic nitrogens is 2. The van der Waals surface area contributed by atoms with Crippen LogP contribution in [0.5, 0.6) is 0 Å². The van der Waals surface area contributed by atoms with Gasteiger partial charge in [-0.25, -0.2) is 9.97 Å². The van der Waals surface area contributed by atoms with E-state index in [0.717, 1.165) is 31.5 Å². The van der Waals surface area contributed by atoms with Crippen molar-refractivity contribution in [3.63, 3.8) is 0 Å². The van der Waals surface area contributed by atoms with Gasteiger partial charge in [-0.3, -0.25) is 4.90 Å². The van der Waals surface area contributed by atoms with Gasteiger partial charge in [0.05, 0.1) is 0 Å². The van der Waals surface area contributed by atoms with E-state index < -0.39 is 0 Å². The first-order valence-corrected chi connectivity index (χ1v) is 7.11. The second-order valence-corrected chi connectivity index (χ2v) is 5.10. The number of halogens is 1. The van der Waals surface area contributed by atoms with Crippen molar-refractivity contribution in [2.45, 2.75) is 32.4 Å². The fourth-order valence-corrected chi connectivity index (χ4v) is 2.32. The van der Waals surface area contributed by atoms with E-state index in [1.54, 1.807) is 13.2 Å². The van der Waals surface area contributed by atoms with Crippen LogP contribution in [0.1, 0.15) is 25.6 Å². The average Bonchev–Trinajstić information content (AvgIpc) is 3.19. The van der Waals surface area contributed by atoms with Gasteiger partial charge in [0.15, 0.2) is 5.82 Å². The second-order valence-electron chi connectivity index (χ2n) is 4.71. The lowest BCUT2D eigenvalue weighted by Gasteiger charge is -2.20. The topological polar surface area (TPSA) is 50.3 Å². The van der Waals surface area contributed by atoms with Gasteiger partial charge >= 0.3 is 0 Å². The van der Waals surface area contributed by atoms with Crippen LogP contribution in [0, 0.1) is 0 Å². The SMILES string of the molecule is CCN(CCNc1cc(Cl)nc(COC)n1)C1CC1. The highest BCUT2D eigenvalue weighted by Crippen LogP contribution is 2.26. The molecule has 1 fully saturated rings. The maximum absolute atomic E-state index is 5.96. The maximum Gasteiger partial charge on any atom is 0.158 e. The van der Waals surface area contributed by atoms with Gasteiger partial charge in [0.25, 0.3) is 0 Å². The Balaban J connectivity index is 1.84. The molecule has 1 aromatic heterocycles. The van der Waals surface area contributed by atoms with Crippen LogP contribution in [-0.2, 0) is 11.3 Å². The third-order valence-electron chi connectivity index (χ3n) is 3.19. The van der Waals surface area contributed by atoms with Crippen LogP contribution in [-0.4, -0.2) is 47.7 Å². The number of nitrogens with zero attached hydrogens (tertiary/aromatic N) is 3. The Morgan fingerprint density at radius 3 is 2.89 bits per heavy atom. The Hall–Kier alpha value is -0.910. The predicted octanol–water partition coefficient (Wildman–Crippen LogP) is 2.17. The van der Waals surface area contributed by atoms with Crippen molar-refractivity contribution in [2.24, 2.45) is 0 Å². The Labute approximate surface area is 119 Å². The highest BCUT2D eigenvalue weighted by atomic mass is 35.5. The Bertz CT molecular complexity index is 412. The number of anilines is 1. The van der Waals surface area contributed by atoms with Gasteiger partial charge in [0, 0.05) is 32.3 Å². The number of nitrogens with one attached hydrogen (secondary N) is 1. The molecule has 106 valence electrons. The molecule has 5 nitrogen and oxygen atoms in total. The van der Waals surface area contributed by atoms with Gasteiger partial charge in [0.1, 0.15) is 17.6 Å². The lowest BCUT2D eigenvalue weighted by atomic mass is 10.4. The quantitative estimate of drug-likeness (QED) is 0.742. The molecule has 1 N–H and O–H groups in total. The molecule has 19 heavy (non-hydrogen) atoms. The first-order chi connectivity index (χ1) is 9.22. The minimum absolute atomic E-state index is 0.373. The molecule has 1 saturated carbocycles. The summed E-state index contributed by atoms with van der Waals surface area (Å²) >= 11 is 5.96. The second kappa shape index (κ2) is 7.03. The molecule has 0 aromatic carbocycles. The van der Waals surface area contributed by atoms with Crippen LogP contribution >= 0.6 is 11.6 Å². The first-order valence-electron chi connectivity index (χ1n) is 6.73. The molecule has 0 aliphatic heterocycles. The van der Waals surface area contributed by atoms with E-state index in [0.29, 0.717) is 17.6 Å². The van der Waals surface area contributed by atoms with Crippen LogP contribution in [0.25, 0.3) is 0 Å². The summed E-state index contributed by atoms with van der Waals surface area (Å²) in [6.45, 7) is 5.58. The lowest BCUT2D eigenvalue weighted by molar-refractivity contribution is 0.178. The molecule has 1 aliphatic rings. The summed E-state index contributed by atoms with van der Waals surface area (Å²) in [4.78, 5) is 10.9. The first kappa shape index (κ1) is 14.5. The van der Waals surface area contributed by atoms with E-state index in [1.807, 2.05) is 0 Å². The highest BCUT2D eigenvalue weighted by molar-refractivity contribution is 6.29. The number of rotatable bonds is 8. The average molecular weight is 285 g/mol. The molecule has 0 bridgehead atoms. The maximum atomic E-state index is 5.96. The summed E-state index contributed by atoms with van der Waals surface area (Å²) in [5, 5.41) is 3.74. The summed E-state index contributed by atoms with van der Waals surface area (Å²) in [7, 11) is 1.62. The van der Waals surface area contributed by atoms with Gasteiger partial charge in [-0.2, -0.15) is 0 Å². The fraction of sp³-hybridized carbons (Fsp3) is 0.692. The normalized spacial score (nSPS) is 14.9. The summed E-state index contributed by atoms with van der Waals surface area (Å²) < 4.78 is 5.02. The zero-order valence-electron chi connectivity index (χ0n) is 11.5. The van der Waals surface area contributed by atoms with Crippen molar-refractivity contribution in [2.75, 3.05) is 32.1 Å². The number of methoxy groups -OCH3 is 1. The Morgan fingerprint density at radius 2 is 2.26 bits per heavy atom. The largest absolute Gasteiger partial charge is 0.377 e. The van der Waals surface area contributed by atoms with Crippen LogP contribution < -0.4 is 5.32 Å². The van der Waals surface area contributed by atoms with Gasteiger partial charge in [-0.1, -0.05) is 18.5 Å². The third-order valence-corrected chi connectivity index (χ3v) is 3.38. The minimum Gasteiger partial charge on any atom is -0.377 e. The van der Waals surface area contributed by atoms with Gasteiger partial charge in [0.2, 0.25) is 0 Å². The monoisotopic (exact) mass is 284 g/mol. The van der Waals surface area contributed by atoms with E-state index >= 15 is 0 Å². The van der Waals surface area contributed by atoms with E-state index in [4.69, 9.17) is 16.3 Å². The third kappa shape index (κ3) is 4.60. The van der Waals surface area contributed by atoms with E-state index in [-0.39, 0.29) is 0 Å². The molecule has 2 rings (SSSR count). The summed E-state index contributed by atoms with van der Waals surface area (Å²) in [6.07, 6.45) is 2.68. The van der Waals surface area contributed by atoms with Crippen molar-refractivity contribution in [1.29, 1.82) is 0 Å². The van der Waals surface area contributed by atoms with Crippen molar-refractivity contribution in [3.8, 4) is 0 Å². The number of hydrogen-bond donors (Lipinski definition) is 1. The molecular weight excluding hydrogens is 264 g/mol. The van der Waals surface area contributed by atoms with Crippen molar-refractivity contribution < 1.29 is 4.74 Å². The smallest absolute Gasteiger partial charge is 0.158 e. The molecule has 1 aromatic rings. The molecule has 0 radical (unpaired) electrons. The molecular formula is C13H21ClN4O. The molecule has 6 heteroatoms. The molecule has 0 saturated heterocycles. The van der Waals surface area contributed by atoms with E-state index in [9.17, 15) is 0 Å². The molecule has 0 atom stereocenters. The molecule has 1 aliphatic carbocycles. The molecule has 1 heterocycles. The minimum atomic E-state index is 0.373. The lowest BCUT2D eigenvalue weighted by Crippen LogP contribution is -2.31. The van der Waals surface area contributed by atoms with Crippen LogP contribution in [0.4, 0.5) is 5.82 Å². The summed E-state index contributed by atoms with van der Waals surface area (Å²) in [6, 6.07) is 2.54.